The highest BCUT2D eigenvalue weighted by Gasteiger charge is 2.24. The molecule has 0 aliphatic carbocycles. The second kappa shape index (κ2) is 6.53. The molecular weight excluding hydrogens is 238 g/mol. The zero-order chi connectivity index (χ0) is 14.6. The molecule has 1 unspecified atom stereocenters. The molecule has 0 aliphatic rings. The average molecular weight is 261 g/mol. The van der Waals surface area contributed by atoms with E-state index in [2.05, 4.69) is 6.58 Å². The third-order valence-electron chi connectivity index (χ3n) is 3.08. The van der Waals surface area contributed by atoms with Gasteiger partial charge in [-0.25, -0.2) is 0 Å². The quantitative estimate of drug-likeness (QED) is 0.827. The Morgan fingerprint density at radius 2 is 1.74 bits per heavy atom. The molecule has 0 spiro atoms. The van der Waals surface area contributed by atoms with E-state index in [1.165, 1.54) is 6.08 Å². The SMILES string of the molecule is C=CC(O)c1ccccc1C(=O)N(C(C)C)C(C)C. The molecule has 1 N–H and O–H groups in total. The maximum atomic E-state index is 12.6. The molecule has 0 saturated carbocycles. The molecule has 3 heteroatoms. The molecule has 1 aromatic carbocycles. The van der Waals surface area contributed by atoms with Crippen molar-refractivity contribution in [1.82, 2.24) is 4.90 Å². The lowest BCUT2D eigenvalue weighted by Crippen LogP contribution is -2.42. The minimum absolute atomic E-state index is 0.0542. The van der Waals surface area contributed by atoms with E-state index in [4.69, 9.17) is 0 Å². The predicted octanol–water partition coefficient (Wildman–Crippen LogP) is 3.17. The summed E-state index contributed by atoms with van der Waals surface area (Å²) in [5, 5.41) is 9.93. The fraction of sp³-hybridized carbons (Fsp3) is 0.438. The third-order valence-corrected chi connectivity index (χ3v) is 3.08. The van der Waals surface area contributed by atoms with Crippen molar-refractivity contribution in [3.05, 3.63) is 48.0 Å². The molecule has 0 fully saturated rings. The highest BCUT2D eigenvalue weighted by atomic mass is 16.3. The first kappa shape index (κ1) is 15.4. The molecule has 1 amide bonds. The monoisotopic (exact) mass is 261 g/mol. The standard InChI is InChI=1S/C16H23NO2/c1-6-15(18)13-9-7-8-10-14(13)16(19)17(11(2)3)12(4)5/h6-12,15,18H,1H2,2-5H3. The molecule has 19 heavy (non-hydrogen) atoms. The van der Waals surface area contributed by atoms with Gasteiger partial charge in [0.1, 0.15) is 0 Å². The molecule has 104 valence electrons. The summed E-state index contributed by atoms with van der Waals surface area (Å²) in [5.74, 6) is -0.0542. The Hall–Kier alpha value is -1.61. The molecule has 0 saturated heterocycles. The van der Waals surface area contributed by atoms with Gasteiger partial charge in [-0.1, -0.05) is 24.3 Å². The van der Waals surface area contributed by atoms with E-state index in [1.54, 1.807) is 12.1 Å². The van der Waals surface area contributed by atoms with Crippen LogP contribution >= 0.6 is 0 Å². The fourth-order valence-electron chi connectivity index (χ4n) is 2.28. The number of nitrogens with zero attached hydrogens (tertiary/aromatic N) is 1. The van der Waals surface area contributed by atoms with E-state index in [1.807, 2.05) is 44.7 Å². The maximum Gasteiger partial charge on any atom is 0.254 e. The zero-order valence-corrected chi connectivity index (χ0v) is 12.1. The van der Waals surface area contributed by atoms with Crippen LogP contribution in [0.4, 0.5) is 0 Å². The molecule has 0 aliphatic heterocycles. The summed E-state index contributed by atoms with van der Waals surface area (Å²) in [4.78, 5) is 14.5. The second-order valence-electron chi connectivity index (χ2n) is 5.17. The van der Waals surface area contributed by atoms with Crippen LogP contribution in [-0.4, -0.2) is 28.0 Å². The summed E-state index contributed by atoms with van der Waals surface area (Å²) < 4.78 is 0. The largest absolute Gasteiger partial charge is 0.384 e. The number of hydrogen-bond donors (Lipinski definition) is 1. The molecule has 1 atom stereocenters. The smallest absolute Gasteiger partial charge is 0.254 e. The highest BCUT2D eigenvalue weighted by Crippen LogP contribution is 2.22. The van der Waals surface area contributed by atoms with Gasteiger partial charge in [0.05, 0.1) is 6.10 Å². The zero-order valence-electron chi connectivity index (χ0n) is 12.1. The second-order valence-corrected chi connectivity index (χ2v) is 5.17. The summed E-state index contributed by atoms with van der Waals surface area (Å²) in [6.45, 7) is 11.5. The van der Waals surface area contributed by atoms with E-state index < -0.39 is 6.10 Å². The number of aliphatic hydroxyl groups is 1. The van der Waals surface area contributed by atoms with Crippen molar-refractivity contribution >= 4 is 5.91 Å². The fourth-order valence-corrected chi connectivity index (χ4v) is 2.28. The van der Waals surface area contributed by atoms with Crippen LogP contribution in [0.1, 0.15) is 49.7 Å². The first-order valence-corrected chi connectivity index (χ1v) is 6.62. The van der Waals surface area contributed by atoms with Gasteiger partial charge in [0.2, 0.25) is 0 Å². The number of hydrogen-bond acceptors (Lipinski definition) is 2. The minimum atomic E-state index is -0.818. The maximum absolute atomic E-state index is 12.6. The Morgan fingerprint density at radius 1 is 1.21 bits per heavy atom. The van der Waals surface area contributed by atoms with Gasteiger partial charge in [-0.05, 0) is 39.3 Å². The van der Waals surface area contributed by atoms with E-state index >= 15 is 0 Å². The molecule has 0 radical (unpaired) electrons. The summed E-state index contributed by atoms with van der Waals surface area (Å²) in [7, 11) is 0. The number of aliphatic hydroxyl groups excluding tert-OH is 1. The lowest BCUT2D eigenvalue weighted by Gasteiger charge is -2.31. The highest BCUT2D eigenvalue weighted by molar-refractivity contribution is 5.96. The Balaban J connectivity index is 3.22. The third kappa shape index (κ3) is 3.44. The molecule has 0 bridgehead atoms. The molecule has 1 rings (SSSR count). The Kier molecular flexibility index (Phi) is 5.31. The topological polar surface area (TPSA) is 40.5 Å². The van der Waals surface area contributed by atoms with Gasteiger partial charge in [0.25, 0.3) is 5.91 Å². The van der Waals surface area contributed by atoms with Crippen molar-refractivity contribution in [3.63, 3.8) is 0 Å². The predicted molar refractivity (Wildman–Crippen MR) is 78.0 cm³/mol. The first-order chi connectivity index (χ1) is 8.90. The average Bonchev–Trinajstić information content (AvgIpc) is 2.36. The Morgan fingerprint density at radius 3 is 2.21 bits per heavy atom. The number of benzene rings is 1. The van der Waals surface area contributed by atoms with E-state index in [0.29, 0.717) is 11.1 Å². The van der Waals surface area contributed by atoms with Gasteiger partial charge >= 0.3 is 0 Å². The van der Waals surface area contributed by atoms with Crippen LogP contribution in [0.25, 0.3) is 0 Å². The summed E-state index contributed by atoms with van der Waals surface area (Å²) in [6.07, 6.45) is 0.614. The minimum Gasteiger partial charge on any atom is -0.384 e. The van der Waals surface area contributed by atoms with Crippen molar-refractivity contribution in [2.45, 2.75) is 45.9 Å². The molecular formula is C16H23NO2. The molecule has 3 nitrogen and oxygen atoms in total. The number of carbonyl (C=O) groups excluding carboxylic acids is 1. The lowest BCUT2D eigenvalue weighted by atomic mass is 10.00. The van der Waals surface area contributed by atoms with Crippen LogP contribution in [0, 0.1) is 0 Å². The normalized spacial score (nSPS) is 12.6. The molecule has 0 aromatic heterocycles. The van der Waals surface area contributed by atoms with Crippen LogP contribution in [0.2, 0.25) is 0 Å². The van der Waals surface area contributed by atoms with E-state index in [-0.39, 0.29) is 18.0 Å². The van der Waals surface area contributed by atoms with Gasteiger partial charge < -0.3 is 10.0 Å². The van der Waals surface area contributed by atoms with Crippen LogP contribution in [0.3, 0.4) is 0 Å². The summed E-state index contributed by atoms with van der Waals surface area (Å²) >= 11 is 0. The molecule has 0 heterocycles. The first-order valence-electron chi connectivity index (χ1n) is 6.62. The lowest BCUT2D eigenvalue weighted by molar-refractivity contribution is 0.0639. The van der Waals surface area contributed by atoms with Gasteiger partial charge in [-0.3, -0.25) is 4.79 Å². The Labute approximate surface area is 115 Å². The van der Waals surface area contributed by atoms with Crippen LogP contribution in [0.5, 0.6) is 0 Å². The van der Waals surface area contributed by atoms with Gasteiger partial charge in [0, 0.05) is 17.6 Å². The van der Waals surface area contributed by atoms with Gasteiger partial charge in [-0.2, -0.15) is 0 Å². The van der Waals surface area contributed by atoms with E-state index in [9.17, 15) is 9.90 Å². The Bertz CT molecular complexity index is 444. The van der Waals surface area contributed by atoms with E-state index in [0.717, 1.165) is 0 Å². The van der Waals surface area contributed by atoms with Crippen LogP contribution in [0.15, 0.2) is 36.9 Å². The number of amides is 1. The van der Waals surface area contributed by atoms with Gasteiger partial charge in [0.15, 0.2) is 0 Å². The van der Waals surface area contributed by atoms with Crippen LogP contribution < -0.4 is 0 Å². The van der Waals surface area contributed by atoms with Crippen molar-refractivity contribution < 1.29 is 9.90 Å². The number of carbonyl (C=O) groups is 1. The van der Waals surface area contributed by atoms with Crippen molar-refractivity contribution in [2.75, 3.05) is 0 Å². The van der Waals surface area contributed by atoms with Crippen molar-refractivity contribution in [1.29, 1.82) is 0 Å². The van der Waals surface area contributed by atoms with Crippen LogP contribution in [-0.2, 0) is 0 Å². The summed E-state index contributed by atoms with van der Waals surface area (Å²) in [5.41, 5.74) is 1.14. The van der Waals surface area contributed by atoms with Crippen molar-refractivity contribution in [3.8, 4) is 0 Å². The van der Waals surface area contributed by atoms with Crippen molar-refractivity contribution in [2.24, 2.45) is 0 Å². The van der Waals surface area contributed by atoms with Gasteiger partial charge in [-0.15, -0.1) is 6.58 Å². The molecule has 1 aromatic rings. The number of rotatable bonds is 5. The summed E-state index contributed by atoms with van der Waals surface area (Å²) in [6, 6.07) is 7.36.